The average Bonchev–Trinajstić information content (AvgIpc) is 2.75. The van der Waals surface area contributed by atoms with E-state index in [1.807, 2.05) is 48.4 Å². The first-order valence-electron chi connectivity index (χ1n) is 10.8. The molecule has 2 heterocycles. The Bertz CT molecular complexity index is 856. The van der Waals surface area contributed by atoms with E-state index in [1.165, 1.54) is 0 Å². The second-order valence-corrected chi connectivity index (χ2v) is 9.74. The number of thioether (sulfide) groups is 1. The Hall–Kier alpha value is -2.34. The van der Waals surface area contributed by atoms with E-state index in [9.17, 15) is 4.79 Å². The Morgan fingerprint density at radius 3 is 2.52 bits per heavy atom. The summed E-state index contributed by atoms with van der Waals surface area (Å²) >= 11 is 1.76. The summed E-state index contributed by atoms with van der Waals surface area (Å²) in [5.41, 5.74) is 2.59. The number of ether oxygens (including phenoxy) is 1. The lowest BCUT2D eigenvalue weighted by molar-refractivity contribution is -0.136. The predicted octanol–water partition coefficient (Wildman–Crippen LogP) is 4.31. The molecule has 1 unspecified atom stereocenters. The van der Waals surface area contributed by atoms with Crippen molar-refractivity contribution in [2.45, 2.75) is 31.8 Å². The van der Waals surface area contributed by atoms with Gasteiger partial charge in [-0.25, -0.2) is 0 Å². The van der Waals surface area contributed by atoms with Gasteiger partial charge in [0, 0.05) is 56.6 Å². The van der Waals surface area contributed by atoms with Gasteiger partial charge in [0.2, 0.25) is 5.91 Å². The number of hydrogen-bond acceptors (Lipinski definition) is 5. The Labute approximate surface area is 191 Å². The van der Waals surface area contributed by atoms with Crippen LogP contribution in [0.15, 0.2) is 61.0 Å². The van der Waals surface area contributed by atoms with Crippen molar-refractivity contribution >= 4 is 17.7 Å². The highest BCUT2D eigenvalue weighted by Gasteiger charge is 2.39. The summed E-state index contributed by atoms with van der Waals surface area (Å²) in [5.74, 6) is 1.80. The summed E-state index contributed by atoms with van der Waals surface area (Å²) < 4.78 is 6.10. The first-order valence-corrected chi connectivity index (χ1v) is 12.2. The van der Waals surface area contributed by atoms with Crippen LogP contribution in [-0.2, 0) is 4.79 Å². The van der Waals surface area contributed by atoms with Crippen molar-refractivity contribution in [3.63, 3.8) is 0 Å². The lowest BCUT2D eigenvalue weighted by atomic mass is 9.83. The molecule has 0 N–H and O–H groups in total. The van der Waals surface area contributed by atoms with Crippen molar-refractivity contribution in [3.05, 3.63) is 66.5 Å². The first-order chi connectivity index (χ1) is 14.7. The van der Waals surface area contributed by atoms with Crippen molar-refractivity contribution in [2.24, 2.45) is 0 Å². The van der Waals surface area contributed by atoms with Crippen LogP contribution in [0, 0.1) is 0 Å². The van der Waals surface area contributed by atoms with E-state index in [-0.39, 0.29) is 17.4 Å². The maximum atomic E-state index is 13.4. The van der Waals surface area contributed by atoms with Gasteiger partial charge in [-0.3, -0.25) is 4.79 Å². The zero-order chi connectivity index (χ0) is 22.6. The van der Waals surface area contributed by atoms with Crippen LogP contribution in [0.3, 0.4) is 0 Å². The fourth-order valence-corrected chi connectivity index (χ4v) is 4.71. The smallest absolute Gasteiger partial charge is 0.230 e. The standard InChI is InChI=1S/C25H35N3O2S/c1-19(26(5)18-31-6)11-12-20(2)27-13-15-28(16-14-27)24(29)22-17-25(3,4)30-23-10-8-7-9-21(22)23/h7-12,22H,1-2,13-18H2,3-6H3/b12-11-. The number of allylic oxidation sites excluding steroid dienone is 2. The van der Waals surface area contributed by atoms with Gasteiger partial charge in [0.15, 0.2) is 0 Å². The van der Waals surface area contributed by atoms with Crippen molar-refractivity contribution < 1.29 is 9.53 Å². The highest BCUT2D eigenvalue weighted by molar-refractivity contribution is 7.98. The van der Waals surface area contributed by atoms with E-state index in [0.29, 0.717) is 19.5 Å². The van der Waals surface area contributed by atoms with Gasteiger partial charge in [0.05, 0.1) is 11.8 Å². The fraction of sp³-hybridized carbons (Fsp3) is 0.480. The maximum absolute atomic E-state index is 13.4. The molecule has 0 radical (unpaired) electrons. The molecule has 1 amide bonds. The van der Waals surface area contributed by atoms with E-state index < -0.39 is 0 Å². The topological polar surface area (TPSA) is 36.0 Å². The number of amides is 1. The molecular formula is C25H35N3O2S. The third-order valence-electron chi connectivity index (χ3n) is 5.95. The van der Waals surface area contributed by atoms with E-state index >= 15 is 0 Å². The molecule has 1 saturated heterocycles. The fourth-order valence-electron chi connectivity index (χ4n) is 4.16. The molecule has 168 valence electrons. The third kappa shape index (κ3) is 5.67. The van der Waals surface area contributed by atoms with Gasteiger partial charge in [-0.15, -0.1) is 11.8 Å². The molecule has 0 spiro atoms. The van der Waals surface area contributed by atoms with Crippen LogP contribution in [0.5, 0.6) is 5.75 Å². The van der Waals surface area contributed by atoms with Gasteiger partial charge in [-0.1, -0.05) is 31.4 Å². The van der Waals surface area contributed by atoms with Gasteiger partial charge in [-0.2, -0.15) is 0 Å². The quantitative estimate of drug-likeness (QED) is 0.465. The molecule has 5 nitrogen and oxygen atoms in total. The molecule has 0 bridgehead atoms. The van der Waals surface area contributed by atoms with Crippen LogP contribution in [0.2, 0.25) is 0 Å². The number of carbonyl (C=O) groups is 1. The molecule has 31 heavy (non-hydrogen) atoms. The van der Waals surface area contributed by atoms with Gasteiger partial charge in [-0.05, 0) is 38.3 Å². The number of nitrogens with zero attached hydrogens (tertiary/aromatic N) is 3. The highest BCUT2D eigenvalue weighted by Crippen LogP contribution is 2.41. The SMILES string of the molecule is C=C(/C=C\C(=C)N1CCN(C(=O)C2CC(C)(C)Oc3ccccc32)CC1)N(C)CSC. The Morgan fingerprint density at radius 2 is 1.84 bits per heavy atom. The van der Waals surface area contributed by atoms with E-state index in [1.54, 1.807) is 11.8 Å². The molecule has 6 heteroatoms. The number of fused-ring (bicyclic) bond motifs is 1. The molecule has 1 fully saturated rings. The number of likely N-dealkylation sites (N-methyl/N-ethyl adjacent to an activating group) is 1. The van der Waals surface area contributed by atoms with Gasteiger partial charge in [0.25, 0.3) is 0 Å². The lowest BCUT2D eigenvalue weighted by Gasteiger charge is -2.41. The van der Waals surface area contributed by atoms with Crippen LogP contribution in [0.4, 0.5) is 0 Å². The molecule has 0 aromatic heterocycles. The Kier molecular flexibility index (Phi) is 7.42. The van der Waals surface area contributed by atoms with Crippen molar-refractivity contribution in [2.75, 3.05) is 45.4 Å². The van der Waals surface area contributed by atoms with E-state index in [2.05, 4.69) is 43.1 Å². The second kappa shape index (κ2) is 9.86. The molecule has 0 saturated carbocycles. The molecule has 3 rings (SSSR count). The molecule has 1 aromatic carbocycles. The van der Waals surface area contributed by atoms with Crippen LogP contribution >= 0.6 is 11.8 Å². The maximum Gasteiger partial charge on any atom is 0.230 e. The number of benzene rings is 1. The summed E-state index contributed by atoms with van der Waals surface area (Å²) in [6, 6.07) is 7.94. The largest absolute Gasteiger partial charge is 0.488 e. The number of rotatable bonds is 7. The Balaban J connectivity index is 1.59. The van der Waals surface area contributed by atoms with Crippen LogP contribution in [0.1, 0.15) is 31.7 Å². The number of hydrogen-bond donors (Lipinski definition) is 0. The second-order valence-electron chi connectivity index (χ2n) is 8.90. The predicted molar refractivity (Wildman–Crippen MR) is 130 cm³/mol. The van der Waals surface area contributed by atoms with Gasteiger partial charge >= 0.3 is 0 Å². The van der Waals surface area contributed by atoms with Crippen LogP contribution < -0.4 is 4.74 Å². The summed E-state index contributed by atoms with van der Waals surface area (Å²) in [6.45, 7) is 15.4. The zero-order valence-corrected chi connectivity index (χ0v) is 20.1. The number of para-hydroxylation sites is 1. The Morgan fingerprint density at radius 1 is 1.19 bits per heavy atom. The monoisotopic (exact) mass is 441 g/mol. The van der Waals surface area contributed by atoms with Crippen molar-refractivity contribution in [1.82, 2.24) is 14.7 Å². The summed E-state index contributed by atoms with van der Waals surface area (Å²) in [4.78, 5) is 19.8. The van der Waals surface area contributed by atoms with E-state index in [4.69, 9.17) is 4.74 Å². The van der Waals surface area contributed by atoms with Gasteiger partial charge < -0.3 is 19.4 Å². The molecule has 2 aliphatic rings. The molecule has 2 aliphatic heterocycles. The molecule has 0 aliphatic carbocycles. The molecule has 1 atom stereocenters. The van der Waals surface area contributed by atoms with Crippen LogP contribution in [0.25, 0.3) is 0 Å². The van der Waals surface area contributed by atoms with Crippen molar-refractivity contribution in [1.29, 1.82) is 0 Å². The van der Waals surface area contributed by atoms with Gasteiger partial charge in [0.1, 0.15) is 11.4 Å². The van der Waals surface area contributed by atoms with Crippen LogP contribution in [-0.4, -0.2) is 71.6 Å². The minimum absolute atomic E-state index is 0.148. The zero-order valence-electron chi connectivity index (χ0n) is 19.3. The summed E-state index contributed by atoms with van der Waals surface area (Å²) in [5, 5.41) is 0. The molecular weight excluding hydrogens is 406 g/mol. The normalized spacial score (nSPS) is 20.2. The minimum Gasteiger partial charge on any atom is -0.488 e. The molecule has 1 aromatic rings. The minimum atomic E-state index is -0.346. The third-order valence-corrected chi connectivity index (χ3v) is 6.60. The summed E-state index contributed by atoms with van der Waals surface area (Å²) in [6.07, 6.45) is 6.81. The first kappa shape index (κ1) is 23.3. The number of piperazine rings is 1. The summed E-state index contributed by atoms with van der Waals surface area (Å²) in [7, 11) is 2.03. The lowest BCUT2D eigenvalue weighted by Crippen LogP contribution is -2.50. The van der Waals surface area contributed by atoms with E-state index in [0.717, 1.165) is 41.7 Å². The average molecular weight is 442 g/mol. The van der Waals surface area contributed by atoms with Crippen molar-refractivity contribution in [3.8, 4) is 5.75 Å². The number of carbonyl (C=O) groups excluding carboxylic acids is 1. The highest BCUT2D eigenvalue weighted by atomic mass is 32.2.